The summed E-state index contributed by atoms with van der Waals surface area (Å²) in [6, 6.07) is 13.0. The minimum Gasteiger partial charge on any atom is -0.321 e. The van der Waals surface area contributed by atoms with Gasteiger partial charge in [0.05, 0.1) is 16.4 Å². The van der Waals surface area contributed by atoms with E-state index >= 15 is 0 Å². The molecule has 27 heavy (non-hydrogen) atoms. The van der Waals surface area contributed by atoms with E-state index in [1.54, 1.807) is 24.3 Å². The van der Waals surface area contributed by atoms with Gasteiger partial charge in [-0.05, 0) is 36.4 Å². The predicted molar refractivity (Wildman–Crippen MR) is 99.0 cm³/mol. The van der Waals surface area contributed by atoms with E-state index < -0.39 is 11.8 Å². The zero-order valence-corrected chi connectivity index (χ0v) is 14.5. The van der Waals surface area contributed by atoms with E-state index in [1.165, 1.54) is 36.7 Å². The number of carbonyl (C=O) groups excluding carboxylic acids is 3. The van der Waals surface area contributed by atoms with Crippen molar-refractivity contribution < 1.29 is 14.4 Å². The molecule has 8 heteroatoms. The van der Waals surface area contributed by atoms with Gasteiger partial charge in [-0.2, -0.15) is 0 Å². The largest absolute Gasteiger partial charge is 0.321 e. The van der Waals surface area contributed by atoms with Gasteiger partial charge in [-0.1, -0.05) is 23.7 Å². The molecule has 3 amide bonds. The molecule has 0 saturated carbocycles. The summed E-state index contributed by atoms with van der Waals surface area (Å²) in [5.74, 6) is -1.45. The lowest BCUT2D eigenvalue weighted by Crippen LogP contribution is -2.29. The average Bonchev–Trinajstić information content (AvgIpc) is 2.95. The van der Waals surface area contributed by atoms with Gasteiger partial charge in [-0.15, -0.1) is 0 Å². The van der Waals surface area contributed by atoms with Crippen molar-refractivity contribution in [1.29, 1.82) is 0 Å². The van der Waals surface area contributed by atoms with E-state index in [2.05, 4.69) is 15.3 Å². The van der Waals surface area contributed by atoms with Crippen molar-refractivity contribution >= 4 is 40.7 Å². The Labute approximate surface area is 158 Å². The molecule has 0 unspecified atom stereocenters. The van der Waals surface area contributed by atoms with Gasteiger partial charge in [0, 0.05) is 18.0 Å². The van der Waals surface area contributed by atoms with Crippen LogP contribution >= 0.6 is 11.6 Å². The van der Waals surface area contributed by atoms with Gasteiger partial charge >= 0.3 is 0 Å². The first kappa shape index (κ1) is 16.9. The average molecular weight is 379 g/mol. The first-order valence-corrected chi connectivity index (χ1v) is 8.30. The fraction of sp³-hybridized carbons (Fsp3) is 0. The normalized spacial score (nSPS) is 12.9. The van der Waals surface area contributed by atoms with Gasteiger partial charge in [0.1, 0.15) is 0 Å². The topological polar surface area (TPSA) is 92.3 Å². The molecule has 7 nitrogen and oxygen atoms in total. The highest BCUT2D eigenvalue weighted by atomic mass is 35.5. The van der Waals surface area contributed by atoms with Crippen LogP contribution in [0.1, 0.15) is 31.3 Å². The van der Waals surface area contributed by atoms with Crippen LogP contribution in [0.5, 0.6) is 0 Å². The van der Waals surface area contributed by atoms with Crippen LogP contribution in [0.25, 0.3) is 0 Å². The van der Waals surface area contributed by atoms with Crippen LogP contribution < -0.4 is 10.2 Å². The highest BCUT2D eigenvalue weighted by Gasteiger charge is 2.39. The van der Waals surface area contributed by atoms with E-state index in [1.807, 2.05) is 0 Å². The minimum absolute atomic E-state index is 0.0167. The predicted octanol–water partition coefficient (Wildman–Crippen LogP) is 3.18. The number of amides is 3. The summed E-state index contributed by atoms with van der Waals surface area (Å²) >= 11 is 6.04. The second-order valence-electron chi connectivity index (χ2n) is 5.68. The van der Waals surface area contributed by atoms with E-state index in [4.69, 9.17) is 11.6 Å². The lowest BCUT2D eigenvalue weighted by molar-refractivity contribution is 0.0922. The third-order valence-electron chi connectivity index (χ3n) is 4.02. The molecule has 2 aromatic carbocycles. The fourth-order valence-electron chi connectivity index (χ4n) is 2.71. The maximum absolute atomic E-state index is 12.4. The molecule has 1 aliphatic heterocycles. The summed E-state index contributed by atoms with van der Waals surface area (Å²) in [6.45, 7) is 0. The zero-order valence-electron chi connectivity index (χ0n) is 13.7. The summed E-state index contributed by atoms with van der Waals surface area (Å²) in [6.07, 6.45) is 2.71. The summed E-state index contributed by atoms with van der Waals surface area (Å²) in [4.78, 5) is 46.0. The quantitative estimate of drug-likeness (QED) is 0.706. The van der Waals surface area contributed by atoms with Crippen molar-refractivity contribution in [3.63, 3.8) is 0 Å². The Balaban J connectivity index is 1.57. The smallest absolute Gasteiger partial charge is 0.286 e. The van der Waals surface area contributed by atoms with E-state index in [9.17, 15) is 14.4 Å². The molecule has 0 spiro atoms. The van der Waals surface area contributed by atoms with Crippen LogP contribution in [0.4, 0.5) is 11.4 Å². The van der Waals surface area contributed by atoms with Crippen LogP contribution in [-0.4, -0.2) is 27.7 Å². The number of imide groups is 1. The number of hydrogen-bond donors (Lipinski definition) is 1. The number of rotatable bonds is 3. The Morgan fingerprint density at radius 2 is 1.48 bits per heavy atom. The lowest BCUT2D eigenvalue weighted by Gasteiger charge is -2.14. The molecule has 3 aromatic rings. The monoisotopic (exact) mass is 378 g/mol. The number of nitrogens with one attached hydrogen (secondary N) is 1. The molecule has 2 heterocycles. The van der Waals surface area contributed by atoms with E-state index in [0.717, 1.165) is 4.90 Å². The number of fused-ring (bicyclic) bond motifs is 1. The Morgan fingerprint density at radius 3 is 2.07 bits per heavy atom. The highest BCUT2D eigenvalue weighted by molar-refractivity contribution is 6.34. The third kappa shape index (κ3) is 2.94. The Bertz CT molecular complexity index is 1050. The number of nitrogens with zero attached hydrogens (tertiary/aromatic N) is 3. The van der Waals surface area contributed by atoms with Crippen LogP contribution in [0.15, 0.2) is 60.9 Å². The number of aromatic nitrogens is 2. The molecule has 1 aliphatic rings. The van der Waals surface area contributed by atoms with Crippen LogP contribution in [0.2, 0.25) is 5.02 Å². The molecule has 1 aromatic heterocycles. The second-order valence-corrected chi connectivity index (χ2v) is 6.09. The highest BCUT2D eigenvalue weighted by Crippen LogP contribution is 2.26. The zero-order chi connectivity index (χ0) is 19.0. The molecular weight excluding hydrogens is 368 g/mol. The van der Waals surface area contributed by atoms with E-state index in [0.29, 0.717) is 22.0 Å². The van der Waals surface area contributed by atoms with Crippen molar-refractivity contribution in [1.82, 2.24) is 9.97 Å². The molecule has 0 saturated heterocycles. The molecule has 4 rings (SSSR count). The summed E-state index contributed by atoms with van der Waals surface area (Å²) in [7, 11) is 0. The molecule has 0 atom stereocenters. The molecule has 132 valence electrons. The fourth-order valence-corrected chi connectivity index (χ4v) is 2.89. The van der Waals surface area contributed by atoms with Crippen LogP contribution in [0.3, 0.4) is 0 Å². The number of hydrogen-bond acceptors (Lipinski definition) is 5. The second kappa shape index (κ2) is 6.62. The first-order chi connectivity index (χ1) is 13.1. The molecule has 1 N–H and O–H groups in total. The number of para-hydroxylation sites is 1. The summed E-state index contributed by atoms with van der Waals surface area (Å²) in [5.41, 5.74) is 1.21. The molecule has 0 bridgehead atoms. The van der Waals surface area contributed by atoms with Gasteiger partial charge in [-0.25, -0.2) is 14.9 Å². The Morgan fingerprint density at radius 1 is 0.889 bits per heavy atom. The lowest BCUT2D eigenvalue weighted by atomic mass is 10.1. The van der Waals surface area contributed by atoms with Gasteiger partial charge in [-0.3, -0.25) is 14.4 Å². The first-order valence-electron chi connectivity index (χ1n) is 7.92. The summed E-state index contributed by atoms with van der Waals surface area (Å²) < 4.78 is 0. The third-order valence-corrected chi connectivity index (χ3v) is 4.35. The van der Waals surface area contributed by atoms with Crippen molar-refractivity contribution in [2.24, 2.45) is 0 Å². The minimum atomic E-state index is -0.545. The maximum Gasteiger partial charge on any atom is 0.286 e. The maximum atomic E-state index is 12.4. The molecule has 0 radical (unpaired) electrons. The van der Waals surface area contributed by atoms with Crippen LogP contribution in [0, 0.1) is 0 Å². The Hall–Kier alpha value is -3.58. The van der Waals surface area contributed by atoms with Gasteiger partial charge in [0.2, 0.25) is 0 Å². The Kier molecular flexibility index (Phi) is 4.13. The van der Waals surface area contributed by atoms with Gasteiger partial charge < -0.3 is 5.32 Å². The van der Waals surface area contributed by atoms with Crippen molar-refractivity contribution in [3.8, 4) is 0 Å². The standard InChI is InChI=1S/C19H11ClN4O3/c20-13-3-1-2-4-14(13)23-17(25)11-5-7-12(8-6-11)24-18(26)15-16(19(24)27)22-10-9-21-15/h1-10H,(H,23,25). The number of carbonyl (C=O) groups is 3. The molecule has 0 aliphatic carbocycles. The van der Waals surface area contributed by atoms with Crippen molar-refractivity contribution in [3.05, 3.63) is 82.9 Å². The van der Waals surface area contributed by atoms with Gasteiger partial charge in [0.15, 0.2) is 11.4 Å². The SMILES string of the molecule is O=C(Nc1ccccc1Cl)c1ccc(N2C(=O)c3nccnc3C2=O)cc1. The van der Waals surface area contributed by atoms with Crippen molar-refractivity contribution in [2.45, 2.75) is 0 Å². The van der Waals surface area contributed by atoms with Crippen LogP contribution in [-0.2, 0) is 0 Å². The number of halogens is 1. The summed E-state index contributed by atoms with van der Waals surface area (Å²) in [5, 5.41) is 3.13. The van der Waals surface area contributed by atoms with E-state index in [-0.39, 0.29) is 17.3 Å². The van der Waals surface area contributed by atoms with Crippen molar-refractivity contribution in [2.75, 3.05) is 10.2 Å². The molecule has 0 fully saturated rings. The number of benzene rings is 2. The number of anilines is 2. The molecular formula is C19H11ClN4O3. The van der Waals surface area contributed by atoms with Gasteiger partial charge in [0.25, 0.3) is 17.7 Å².